The molecule has 1 unspecified atom stereocenters. The van der Waals surface area contributed by atoms with Gasteiger partial charge in [0, 0.05) is 54.9 Å². The third-order valence-electron chi connectivity index (χ3n) is 6.06. The minimum Gasteiger partial charge on any atom is -0.368 e. The number of nitrogens with zero attached hydrogens (tertiary/aromatic N) is 6. The fourth-order valence-electron chi connectivity index (χ4n) is 4.35. The highest BCUT2D eigenvalue weighted by atomic mass is 35.5. The van der Waals surface area contributed by atoms with Crippen LogP contribution in [0.15, 0.2) is 60.6 Å². The van der Waals surface area contributed by atoms with Crippen LogP contribution < -0.4 is 10.6 Å². The van der Waals surface area contributed by atoms with Crippen LogP contribution in [0, 0.1) is 0 Å². The first kappa shape index (κ1) is 22.4. The second-order valence-corrected chi connectivity index (χ2v) is 8.94. The first-order valence-corrected chi connectivity index (χ1v) is 11.8. The van der Waals surface area contributed by atoms with E-state index in [4.69, 9.17) is 34.0 Å². The average Bonchev–Trinajstić information content (AvgIpc) is 3.45. The van der Waals surface area contributed by atoms with Crippen molar-refractivity contribution in [3.05, 3.63) is 76.2 Å². The van der Waals surface area contributed by atoms with E-state index in [1.807, 2.05) is 47.0 Å². The molecule has 10 heteroatoms. The Kier molecular flexibility index (Phi) is 6.02. The summed E-state index contributed by atoms with van der Waals surface area (Å²) in [4.78, 5) is 25.2. The van der Waals surface area contributed by atoms with Crippen molar-refractivity contribution in [2.24, 2.45) is 0 Å². The smallest absolute Gasteiger partial charge is 0.328 e. The van der Waals surface area contributed by atoms with Gasteiger partial charge in [-0.25, -0.2) is 14.8 Å². The van der Waals surface area contributed by atoms with E-state index in [1.165, 1.54) is 0 Å². The molecule has 34 heavy (non-hydrogen) atoms. The molecule has 2 aliphatic rings. The highest BCUT2D eigenvalue weighted by molar-refractivity contribution is 6.42. The average molecular weight is 496 g/mol. The van der Waals surface area contributed by atoms with Gasteiger partial charge in [0.25, 0.3) is 0 Å². The van der Waals surface area contributed by atoms with E-state index >= 15 is 0 Å². The number of hydrogen-bond donors (Lipinski definition) is 1. The lowest BCUT2D eigenvalue weighted by atomic mass is 9.90. The minimum atomic E-state index is -0.0771. The van der Waals surface area contributed by atoms with Gasteiger partial charge >= 0.3 is 6.03 Å². The van der Waals surface area contributed by atoms with Crippen molar-refractivity contribution < 1.29 is 4.79 Å². The number of hydrogen-bond acceptors (Lipinski definition) is 5. The number of carbonyl (C=O) groups excluding carboxylic acids is 1. The highest BCUT2D eigenvalue weighted by Gasteiger charge is 2.34. The van der Waals surface area contributed by atoms with Crippen LogP contribution in [-0.2, 0) is 6.54 Å². The number of rotatable bonds is 5. The van der Waals surface area contributed by atoms with E-state index in [1.54, 1.807) is 23.2 Å². The second kappa shape index (κ2) is 9.12. The van der Waals surface area contributed by atoms with E-state index in [2.05, 4.69) is 16.0 Å². The maximum Gasteiger partial charge on any atom is 0.328 e. The van der Waals surface area contributed by atoms with Crippen LogP contribution >= 0.6 is 23.2 Å². The normalized spacial score (nSPS) is 18.0. The Morgan fingerprint density at radius 1 is 1.15 bits per heavy atom. The third-order valence-corrected chi connectivity index (χ3v) is 6.80. The summed E-state index contributed by atoms with van der Waals surface area (Å²) in [7, 11) is 0. The molecule has 8 nitrogen and oxygen atoms in total. The summed E-state index contributed by atoms with van der Waals surface area (Å²) in [6.45, 7) is 3.93. The molecule has 2 amide bonds. The molecule has 0 bridgehead atoms. The van der Waals surface area contributed by atoms with Gasteiger partial charge in [-0.15, -0.1) is 0 Å². The summed E-state index contributed by atoms with van der Waals surface area (Å²) >= 11 is 12.2. The standard InChI is InChI=1S/C24H23Cl2N7O/c1-2-31-14-18(22(30-31)21-8-9-28-23(27)29-21)15-4-3-5-16(12-15)32-10-11-33(24(32)34)17-6-7-19(25)20(26)13-17/h3-9,13-15H,2,10-12H2,1H3,(H2,27,28,29). The molecule has 1 fully saturated rings. The molecule has 1 saturated heterocycles. The number of urea groups is 1. The summed E-state index contributed by atoms with van der Waals surface area (Å²) in [6, 6.07) is 6.98. The largest absolute Gasteiger partial charge is 0.368 e. The first-order chi connectivity index (χ1) is 16.4. The van der Waals surface area contributed by atoms with Crippen LogP contribution in [0.5, 0.6) is 0 Å². The van der Waals surface area contributed by atoms with Gasteiger partial charge in [-0.1, -0.05) is 35.4 Å². The predicted octanol–water partition coefficient (Wildman–Crippen LogP) is 5.12. The monoisotopic (exact) mass is 495 g/mol. The Balaban J connectivity index is 1.39. The van der Waals surface area contributed by atoms with Crippen molar-refractivity contribution in [2.75, 3.05) is 23.7 Å². The molecule has 0 saturated carbocycles. The van der Waals surface area contributed by atoms with Gasteiger partial charge in [-0.2, -0.15) is 5.10 Å². The summed E-state index contributed by atoms with van der Waals surface area (Å²) in [5.74, 6) is 0.248. The van der Waals surface area contributed by atoms with Crippen LogP contribution in [0.3, 0.4) is 0 Å². The number of anilines is 2. The summed E-state index contributed by atoms with van der Waals surface area (Å²) < 4.78 is 1.89. The van der Waals surface area contributed by atoms with Gasteiger partial charge in [0.1, 0.15) is 5.69 Å². The van der Waals surface area contributed by atoms with Crippen molar-refractivity contribution in [3.8, 4) is 11.4 Å². The lowest BCUT2D eigenvalue weighted by Crippen LogP contribution is -2.32. The Labute approximate surface area is 207 Å². The number of aryl methyl sites for hydroxylation is 1. The van der Waals surface area contributed by atoms with E-state index in [0.29, 0.717) is 35.2 Å². The molecule has 1 aromatic carbocycles. The zero-order chi connectivity index (χ0) is 23.8. The molecule has 2 N–H and O–H groups in total. The van der Waals surface area contributed by atoms with Crippen LogP contribution in [0.25, 0.3) is 11.4 Å². The van der Waals surface area contributed by atoms with Gasteiger partial charge in [0.15, 0.2) is 0 Å². The maximum atomic E-state index is 13.3. The number of amides is 2. The number of carbonyl (C=O) groups is 1. The van der Waals surface area contributed by atoms with Gasteiger partial charge in [0.05, 0.1) is 15.7 Å². The van der Waals surface area contributed by atoms with Gasteiger partial charge in [-0.3, -0.25) is 14.5 Å². The lowest BCUT2D eigenvalue weighted by Gasteiger charge is -2.26. The molecule has 0 radical (unpaired) electrons. The number of halogens is 2. The molecular formula is C24H23Cl2N7O. The molecule has 2 aromatic heterocycles. The Morgan fingerprint density at radius 2 is 1.97 bits per heavy atom. The van der Waals surface area contributed by atoms with Crippen molar-refractivity contribution in [1.29, 1.82) is 0 Å². The zero-order valence-electron chi connectivity index (χ0n) is 18.5. The van der Waals surface area contributed by atoms with Gasteiger partial charge in [-0.05, 0) is 43.7 Å². The quantitative estimate of drug-likeness (QED) is 0.530. The Bertz CT molecular complexity index is 1320. The number of allylic oxidation sites excluding steroid dienone is 4. The molecule has 3 aromatic rings. The van der Waals surface area contributed by atoms with E-state index in [-0.39, 0.29) is 17.9 Å². The SMILES string of the molecule is CCn1cc(C2C=CC=C(N3CCN(c4ccc(Cl)c(Cl)c4)C3=O)C2)c(-c2ccnc(N)n2)n1. The molecule has 174 valence electrons. The molecular weight excluding hydrogens is 473 g/mol. The Hall–Kier alpha value is -3.36. The molecule has 0 spiro atoms. The zero-order valence-corrected chi connectivity index (χ0v) is 20.0. The summed E-state index contributed by atoms with van der Waals surface area (Å²) in [5, 5.41) is 5.62. The minimum absolute atomic E-state index is 0.0401. The molecule has 1 atom stereocenters. The van der Waals surface area contributed by atoms with Crippen molar-refractivity contribution in [2.45, 2.75) is 25.8 Å². The van der Waals surface area contributed by atoms with Gasteiger partial charge < -0.3 is 5.73 Å². The van der Waals surface area contributed by atoms with Crippen molar-refractivity contribution in [1.82, 2.24) is 24.6 Å². The Morgan fingerprint density at radius 3 is 2.74 bits per heavy atom. The molecule has 3 heterocycles. The second-order valence-electron chi connectivity index (χ2n) is 8.13. The van der Waals surface area contributed by atoms with Gasteiger partial charge in [0.2, 0.25) is 5.95 Å². The van der Waals surface area contributed by atoms with Crippen molar-refractivity contribution >= 4 is 40.9 Å². The number of aromatic nitrogens is 4. The predicted molar refractivity (Wildman–Crippen MR) is 134 cm³/mol. The third kappa shape index (κ3) is 4.15. The van der Waals surface area contributed by atoms with Crippen LogP contribution in [0.2, 0.25) is 10.0 Å². The number of nitrogens with two attached hydrogens (primary N) is 1. The number of nitrogen functional groups attached to an aromatic ring is 1. The fourth-order valence-corrected chi connectivity index (χ4v) is 4.64. The van der Waals surface area contributed by atoms with E-state index < -0.39 is 0 Å². The first-order valence-electron chi connectivity index (χ1n) is 11.0. The molecule has 5 rings (SSSR count). The fraction of sp³-hybridized carbons (Fsp3) is 0.250. The van der Waals surface area contributed by atoms with Crippen LogP contribution in [-0.4, -0.2) is 43.8 Å². The molecule has 1 aliphatic carbocycles. The van der Waals surface area contributed by atoms with Crippen LogP contribution in [0.4, 0.5) is 16.4 Å². The maximum absolute atomic E-state index is 13.3. The topological polar surface area (TPSA) is 93.2 Å². The lowest BCUT2D eigenvalue weighted by molar-refractivity contribution is 0.229. The van der Waals surface area contributed by atoms with Crippen molar-refractivity contribution in [3.63, 3.8) is 0 Å². The van der Waals surface area contributed by atoms with Crippen LogP contribution in [0.1, 0.15) is 24.8 Å². The van der Waals surface area contributed by atoms with E-state index in [9.17, 15) is 4.79 Å². The number of benzene rings is 1. The highest BCUT2D eigenvalue weighted by Crippen LogP contribution is 2.37. The van der Waals surface area contributed by atoms with E-state index in [0.717, 1.165) is 29.2 Å². The summed E-state index contributed by atoms with van der Waals surface area (Å²) in [5.41, 5.74) is 10.0. The summed E-state index contributed by atoms with van der Waals surface area (Å²) in [6.07, 6.45) is 10.5. The molecule has 1 aliphatic heterocycles.